The highest BCUT2D eigenvalue weighted by atomic mass is 16.5. The van der Waals surface area contributed by atoms with Crippen molar-refractivity contribution in [2.24, 2.45) is 5.92 Å². The van der Waals surface area contributed by atoms with Gasteiger partial charge in [0.2, 0.25) is 5.91 Å². The molecule has 2 atom stereocenters. The van der Waals surface area contributed by atoms with Crippen LogP contribution in [0.2, 0.25) is 0 Å². The first-order valence-electron chi connectivity index (χ1n) is 11.9. The normalized spacial score (nSPS) is 22.9. The van der Waals surface area contributed by atoms with Crippen LogP contribution in [0.25, 0.3) is 11.3 Å². The molecule has 0 spiro atoms. The smallest absolute Gasteiger partial charge is 0.290 e. The number of aryl methyl sites for hydroxylation is 2. The Hall–Kier alpha value is -2.61. The Bertz CT molecular complexity index is 1020. The number of amides is 2. The maximum Gasteiger partial charge on any atom is 0.290 e. The van der Waals surface area contributed by atoms with E-state index < -0.39 is 0 Å². The molecule has 8 heteroatoms. The largest absolute Gasteiger partial charge is 0.455 e. The Morgan fingerprint density at radius 3 is 2.75 bits per heavy atom. The minimum Gasteiger partial charge on any atom is -0.455 e. The van der Waals surface area contributed by atoms with Crippen molar-refractivity contribution in [2.45, 2.75) is 65.0 Å². The summed E-state index contributed by atoms with van der Waals surface area (Å²) >= 11 is 0. The lowest BCUT2D eigenvalue weighted by Crippen LogP contribution is -2.42. The Balaban J connectivity index is 1.34. The number of morpholine rings is 1. The summed E-state index contributed by atoms with van der Waals surface area (Å²) in [6.07, 6.45) is 8.16. The van der Waals surface area contributed by atoms with Crippen molar-refractivity contribution in [1.82, 2.24) is 20.0 Å². The van der Waals surface area contributed by atoms with Crippen molar-refractivity contribution in [3.8, 4) is 11.3 Å². The lowest BCUT2D eigenvalue weighted by molar-refractivity contribution is -0.123. The molecule has 1 N–H and O–H groups in total. The van der Waals surface area contributed by atoms with Crippen molar-refractivity contribution in [2.75, 3.05) is 26.3 Å². The second kappa shape index (κ2) is 8.73. The van der Waals surface area contributed by atoms with Crippen LogP contribution >= 0.6 is 0 Å². The number of carbonyl (C=O) groups is 2. The molecule has 1 saturated carbocycles. The first-order chi connectivity index (χ1) is 15.5. The number of fused-ring (bicyclic) bond motifs is 3. The van der Waals surface area contributed by atoms with Crippen LogP contribution in [0.4, 0.5) is 0 Å². The summed E-state index contributed by atoms with van der Waals surface area (Å²) in [5.41, 5.74) is 3.70. The Kier molecular flexibility index (Phi) is 5.80. The fraction of sp³-hybridized carbons (Fsp3) is 0.625. The summed E-state index contributed by atoms with van der Waals surface area (Å²) in [5, 5.41) is 7.95. The van der Waals surface area contributed by atoms with E-state index in [1.54, 1.807) is 9.58 Å². The molecule has 8 nitrogen and oxygen atoms in total. The van der Waals surface area contributed by atoms with Gasteiger partial charge in [0, 0.05) is 42.9 Å². The number of hydrogen-bond donors (Lipinski definition) is 1. The van der Waals surface area contributed by atoms with Gasteiger partial charge >= 0.3 is 0 Å². The van der Waals surface area contributed by atoms with Crippen LogP contribution in [-0.2, 0) is 28.9 Å². The molecule has 1 saturated heterocycles. The van der Waals surface area contributed by atoms with Crippen molar-refractivity contribution in [1.29, 1.82) is 0 Å². The van der Waals surface area contributed by atoms with E-state index in [1.165, 1.54) is 19.3 Å². The topological polar surface area (TPSA) is 89.6 Å². The number of carbonyl (C=O) groups excluding carboxylic acids is 2. The molecule has 32 heavy (non-hydrogen) atoms. The minimum atomic E-state index is -0.0813. The van der Waals surface area contributed by atoms with Crippen molar-refractivity contribution >= 4 is 11.8 Å². The minimum absolute atomic E-state index is 0.0101. The van der Waals surface area contributed by atoms with Crippen LogP contribution in [0, 0.1) is 12.8 Å². The maximum absolute atomic E-state index is 13.0. The summed E-state index contributed by atoms with van der Waals surface area (Å²) in [4.78, 5) is 27.5. The number of nitrogens with zero attached hydrogens (tertiary/aromatic N) is 3. The Morgan fingerprint density at radius 2 is 1.97 bits per heavy atom. The highest BCUT2D eigenvalue weighted by Gasteiger charge is 2.32. The second-order valence-corrected chi connectivity index (χ2v) is 9.40. The van der Waals surface area contributed by atoms with E-state index in [-0.39, 0.29) is 24.4 Å². The van der Waals surface area contributed by atoms with Crippen LogP contribution in [0.3, 0.4) is 0 Å². The number of ether oxygens (including phenoxy) is 1. The molecule has 172 valence electrons. The molecular weight excluding hydrogens is 408 g/mol. The third-order valence-electron chi connectivity index (χ3n) is 7.17. The molecule has 0 unspecified atom stereocenters. The predicted octanol–water partition coefficient (Wildman–Crippen LogP) is 2.72. The molecule has 0 bridgehead atoms. The number of rotatable bonds is 4. The molecular formula is C24H32N4O4. The Labute approximate surface area is 188 Å². The third-order valence-corrected chi connectivity index (χ3v) is 7.17. The first kappa shape index (κ1) is 21.2. The second-order valence-electron chi connectivity index (χ2n) is 9.40. The van der Waals surface area contributed by atoms with Gasteiger partial charge in [-0.2, -0.15) is 5.10 Å². The van der Waals surface area contributed by atoms with Gasteiger partial charge in [-0.15, -0.1) is 0 Å². The average Bonchev–Trinajstić information content (AvgIpc) is 3.35. The van der Waals surface area contributed by atoms with Gasteiger partial charge in [0.05, 0.1) is 18.9 Å². The molecule has 2 amide bonds. The van der Waals surface area contributed by atoms with Gasteiger partial charge in [-0.3, -0.25) is 14.3 Å². The third kappa shape index (κ3) is 3.96. The van der Waals surface area contributed by atoms with Gasteiger partial charge in [0.25, 0.3) is 5.91 Å². The molecule has 3 heterocycles. The molecule has 2 aliphatic carbocycles. The van der Waals surface area contributed by atoms with Crippen LogP contribution < -0.4 is 5.32 Å². The van der Waals surface area contributed by atoms with Crippen LogP contribution in [-0.4, -0.2) is 58.8 Å². The van der Waals surface area contributed by atoms with E-state index in [4.69, 9.17) is 14.3 Å². The molecule has 2 fully saturated rings. The van der Waals surface area contributed by atoms with Crippen LogP contribution in [0.15, 0.2) is 10.6 Å². The molecule has 2 aromatic heterocycles. The van der Waals surface area contributed by atoms with Gasteiger partial charge in [-0.05, 0) is 37.7 Å². The van der Waals surface area contributed by atoms with Gasteiger partial charge in [0.1, 0.15) is 12.3 Å². The highest BCUT2D eigenvalue weighted by molar-refractivity contribution is 5.95. The zero-order valence-corrected chi connectivity index (χ0v) is 19.0. The van der Waals surface area contributed by atoms with E-state index in [0.29, 0.717) is 38.0 Å². The molecule has 1 aliphatic heterocycles. The number of nitrogens with one attached hydrogen (secondary N) is 1. The van der Waals surface area contributed by atoms with E-state index in [2.05, 4.69) is 12.2 Å². The van der Waals surface area contributed by atoms with Gasteiger partial charge in [0.15, 0.2) is 5.76 Å². The lowest BCUT2D eigenvalue weighted by atomic mass is 9.86. The van der Waals surface area contributed by atoms with Crippen molar-refractivity contribution in [3.05, 3.63) is 28.8 Å². The Morgan fingerprint density at radius 1 is 1.19 bits per heavy atom. The van der Waals surface area contributed by atoms with E-state index in [1.807, 2.05) is 13.1 Å². The number of hydrogen-bond acceptors (Lipinski definition) is 5. The SMILES string of the molecule is Cc1c(C(=O)N2CCOCC2)oc2c1-c1nn(CC(=O)N[C@@H]3CCCC[C@H]3C)cc1CC2. The van der Waals surface area contributed by atoms with E-state index >= 15 is 0 Å². The fourth-order valence-corrected chi connectivity index (χ4v) is 5.29. The summed E-state index contributed by atoms with van der Waals surface area (Å²) < 4.78 is 13.1. The van der Waals surface area contributed by atoms with Gasteiger partial charge in [-0.1, -0.05) is 19.8 Å². The summed E-state index contributed by atoms with van der Waals surface area (Å²) in [6.45, 7) is 6.64. The monoisotopic (exact) mass is 440 g/mol. The van der Waals surface area contributed by atoms with Gasteiger partial charge in [-0.25, -0.2) is 0 Å². The zero-order valence-electron chi connectivity index (χ0n) is 19.0. The lowest BCUT2D eigenvalue weighted by Gasteiger charge is -2.29. The summed E-state index contributed by atoms with van der Waals surface area (Å²) in [7, 11) is 0. The highest BCUT2D eigenvalue weighted by Crippen LogP contribution is 2.38. The van der Waals surface area contributed by atoms with E-state index in [0.717, 1.165) is 47.4 Å². The molecule has 0 radical (unpaired) electrons. The predicted molar refractivity (Wildman–Crippen MR) is 118 cm³/mol. The maximum atomic E-state index is 13.0. The van der Waals surface area contributed by atoms with Crippen LogP contribution in [0.1, 0.15) is 60.0 Å². The molecule has 0 aromatic carbocycles. The fourth-order valence-electron chi connectivity index (χ4n) is 5.29. The molecule has 3 aliphatic rings. The van der Waals surface area contributed by atoms with Crippen LogP contribution in [0.5, 0.6) is 0 Å². The van der Waals surface area contributed by atoms with Gasteiger partial charge < -0.3 is 19.4 Å². The van der Waals surface area contributed by atoms with Crippen molar-refractivity contribution in [3.63, 3.8) is 0 Å². The first-order valence-corrected chi connectivity index (χ1v) is 11.9. The zero-order chi connectivity index (χ0) is 22.2. The molecule has 5 rings (SSSR count). The van der Waals surface area contributed by atoms with E-state index in [9.17, 15) is 9.59 Å². The summed E-state index contributed by atoms with van der Waals surface area (Å²) in [5.74, 6) is 1.68. The summed E-state index contributed by atoms with van der Waals surface area (Å²) in [6, 6.07) is 0.262. The standard InChI is InChI=1S/C24H32N4O4/c1-15-5-3-4-6-18(15)25-20(29)14-28-13-17-7-8-19-21(22(17)26-28)16(2)23(32-19)24(30)27-9-11-31-12-10-27/h13,15,18H,3-12,14H2,1-2H3,(H,25,29)/t15-,18-/m1/s1. The quantitative estimate of drug-likeness (QED) is 0.790. The number of aromatic nitrogens is 2. The van der Waals surface area contributed by atoms with Crippen molar-refractivity contribution < 1.29 is 18.7 Å². The molecule has 2 aromatic rings. The number of furan rings is 1. The average molecular weight is 441 g/mol.